The summed E-state index contributed by atoms with van der Waals surface area (Å²) in [5, 5.41) is 8.91. The molecule has 0 aliphatic heterocycles. The highest BCUT2D eigenvalue weighted by Gasteiger charge is 2.21. The molecule has 0 aliphatic carbocycles. The maximum Gasteiger partial charge on any atom is 0.261 e. The van der Waals surface area contributed by atoms with Crippen LogP contribution in [0.3, 0.4) is 0 Å². The van der Waals surface area contributed by atoms with Crippen LogP contribution in [0.4, 0.5) is 5.69 Å². The average molecular weight is 575 g/mol. The fourth-order valence-corrected chi connectivity index (χ4v) is 5.00. The maximum atomic E-state index is 13.2. The molecule has 0 fully saturated rings. The van der Waals surface area contributed by atoms with Crippen LogP contribution in [0.15, 0.2) is 41.7 Å². The number of benzene rings is 1. The molecule has 5 rings (SSSR count). The summed E-state index contributed by atoms with van der Waals surface area (Å²) >= 11 is 8.33. The van der Waals surface area contributed by atoms with Crippen LogP contribution in [0, 0.1) is 10.6 Å². The number of fused-ring (bicyclic) bond motifs is 3. The minimum atomic E-state index is -0.173. The zero-order valence-corrected chi connectivity index (χ0v) is 21.2. The molecule has 168 valence electrons. The molecule has 1 N–H and O–H groups in total. The van der Waals surface area contributed by atoms with Gasteiger partial charge in [-0.3, -0.25) is 18.4 Å². The van der Waals surface area contributed by atoms with Gasteiger partial charge in [0.2, 0.25) is 5.82 Å². The van der Waals surface area contributed by atoms with Crippen LogP contribution in [-0.4, -0.2) is 33.7 Å². The van der Waals surface area contributed by atoms with Gasteiger partial charge < -0.3 is 5.32 Å². The number of aryl methyl sites for hydroxylation is 3. The van der Waals surface area contributed by atoms with E-state index in [2.05, 4.69) is 54.0 Å². The van der Waals surface area contributed by atoms with E-state index in [1.54, 1.807) is 42.1 Å². The lowest BCUT2D eigenvalue weighted by molar-refractivity contribution is 0.767. The van der Waals surface area contributed by atoms with Gasteiger partial charge in [-0.1, -0.05) is 17.7 Å². The van der Waals surface area contributed by atoms with E-state index in [4.69, 9.17) is 11.6 Å². The van der Waals surface area contributed by atoms with Crippen molar-refractivity contribution in [2.45, 2.75) is 19.9 Å². The zero-order valence-electron chi connectivity index (χ0n) is 18.3. The Hall–Kier alpha value is -2.99. The van der Waals surface area contributed by atoms with Gasteiger partial charge in [0.15, 0.2) is 5.65 Å². The van der Waals surface area contributed by atoms with Crippen molar-refractivity contribution in [1.82, 2.24) is 33.7 Å². The summed E-state index contributed by atoms with van der Waals surface area (Å²) in [5.41, 5.74) is 4.80. The molecule has 0 spiro atoms. The van der Waals surface area contributed by atoms with Gasteiger partial charge in [-0.05, 0) is 65.8 Å². The highest BCUT2D eigenvalue weighted by Crippen LogP contribution is 2.32. The number of hydrogen-bond donors (Lipinski definition) is 1. The molecule has 33 heavy (non-hydrogen) atoms. The molecule has 0 radical (unpaired) electrons. The number of anilines is 1. The fraction of sp³-hybridized carbons (Fsp3) is 0.227. The Labute approximate surface area is 207 Å². The molecule has 1 unspecified atom stereocenters. The molecule has 0 saturated carbocycles. The highest BCUT2D eigenvalue weighted by molar-refractivity contribution is 14.1. The van der Waals surface area contributed by atoms with Crippen molar-refractivity contribution in [1.29, 1.82) is 0 Å². The van der Waals surface area contributed by atoms with E-state index in [-0.39, 0.29) is 11.6 Å². The molecule has 1 atom stereocenters. The smallest absolute Gasteiger partial charge is 0.261 e. The van der Waals surface area contributed by atoms with Gasteiger partial charge in [0, 0.05) is 14.1 Å². The van der Waals surface area contributed by atoms with Gasteiger partial charge in [-0.25, -0.2) is 15.0 Å². The molecule has 4 heterocycles. The molecule has 11 heteroatoms. The number of hydrogen-bond acceptors (Lipinski definition) is 6. The van der Waals surface area contributed by atoms with E-state index in [1.165, 1.54) is 0 Å². The average Bonchev–Trinajstić information content (AvgIpc) is 3.38. The summed E-state index contributed by atoms with van der Waals surface area (Å²) in [6.07, 6.45) is 3.38. The number of aromatic nitrogens is 7. The molecule has 0 aliphatic rings. The summed E-state index contributed by atoms with van der Waals surface area (Å²) in [5.74, 6) is 0.476. The topological polar surface area (TPSA) is 94.9 Å². The van der Waals surface area contributed by atoms with Crippen molar-refractivity contribution in [2.24, 2.45) is 14.1 Å². The van der Waals surface area contributed by atoms with E-state index in [0.29, 0.717) is 22.1 Å². The van der Waals surface area contributed by atoms with Crippen molar-refractivity contribution >= 4 is 56.4 Å². The first-order valence-corrected chi connectivity index (χ1v) is 11.6. The third kappa shape index (κ3) is 3.66. The standard InChI is InChI=1S/C22H20ClIN8O/c1-11-7-13(18-14(8-11)22(33)31(4)21-19(24)25-10-32(18)21)12(2)27-15-5-6-16(23)28-17(15)20-26-9-30(3)29-20/h5-10,12,27H,1-4H3. The molecule has 0 saturated heterocycles. The molecule has 4 aromatic heterocycles. The van der Waals surface area contributed by atoms with E-state index in [9.17, 15) is 4.79 Å². The maximum absolute atomic E-state index is 13.2. The lowest BCUT2D eigenvalue weighted by Crippen LogP contribution is -2.21. The first-order chi connectivity index (χ1) is 15.7. The second-order valence-corrected chi connectivity index (χ2v) is 9.39. The number of pyridine rings is 1. The Morgan fingerprint density at radius 1 is 1.15 bits per heavy atom. The van der Waals surface area contributed by atoms with E-state index in [0.717, 1.165) is 31.7 Å². The third-order valence-electron chi connectivity index (χ3n) is 5.59. The van der Waals surface area contributed by atoms with Crippen LogP contribution in [0.2, 0.25) is 5.15 Å². The second kappa shape index (κ2) is 8.10. The molecule has 1 aromatic carbocycles. The van der Waals surface area contributed by atoms with Crippen LogP contribution in [0.5, 0.6) is 0 Å². The number of nitrogens with one attached hydrogen (secondary N) is 1. The number of halogens is 2. The van der Waals surface area contributed by atoms with Gasteiger partial charge >= 0.3 is 0 Å². The second-order valence-electron chi connectivity index (χ2n) is 7.98. The Morgan fingerprint density at radius 3 is 2.67 bits per heavy atom. The van der Waals surface area contributed by atoms with Crippen molar-refractivity contribution in [2.75, 3.05) is 5.32 Å². The normalized spacial score (nSPS) is 12.5. The predicted octanol–water partition coefficient (Wildman–Crippen LogP) is 4.12. The Bertz CT molecular complexity index is 1600. The molecule has 5 aromatic rings. The first-order valence-electron chi connectivity index (χ1n) is 10.2. The van der Waals surface area contributed by atoms with Crippen LogP contribution in [-0.2, 0) is 14.1 Å². The zero-order chi connectivity index (χ0) is 23.4. The quantitative estimate of drug-likeness (QED) is 0.256. The SMILES string of the molecule is Cc1cc(C(C)Nc2ccc(Cl)nc2-c2ncn(C)n2)c2c(c1)c(=O)n(C)c1c(I)ncn21. The van der Waals surface area contributed by atoms with Crippen molar-refractivity contribution in [3.8, 4) is 11.5 Å². The Kier molecular flexibility index (Phi) is 5.36. The number of rotatable bonds is 4. The van der Waals surface area contributed by atoms with Gasteiger partial charge in [0.1, 0.15) is 27.2 Å². The summed E-state index contributed by atoms with van der Waals surface area (Å²) in [6.45, 7) is 4.04. The molecule has 0 amide bonds. The van der Waals surface area contributed by atoms with Crippen molar-refractivity contribution < 1.29 is 0 Å². The molecule has 9 nitrogen and oxygen atoms in total. The van der Waals surface area contributed by atoms with E-state index < -0.39 is 0 Å². The lowest BCUT2D eigenvalue weighted by Gasteiger charge is -2.21. The number of imidazole rings is 1. The summed E-state index contributed by atoms with van der Waals surface area (Å²) in [6, 6.07) is 7.43. The third-order valence-corrected chi connectivity index (χ3v) is 6.56. The van der Waals surface area contributed by atoms with Crippen LogP contribution in [0.1, 0.15) is 24.1 Å². The predicted molar refractivity (Wildman–Crippen MR) is 137 cm³/mol. The van der Waals surface area contributed by atoms with Crippen LogP contribution >= 0.6 is 34.2 Å². The monoisotopic (exact) mass is 574 g/mol. The van der Waals surface area contributed by atoms with Gasteiger partial charge in [-0.2, -0.15) is 0 Å². The lowest BCUT2D eigenvalue weighted by atomic mass is 10.0. The minimum Gasteiger partial charge on any atom is -0.377 e. The summed E-state index contributed by atoms with van der Waals surface area (Å²) in [7, 11) is 3.57. The Morgan fingerprint density at radius 2 is 1.94 bits per heavy atom. The fourth-order valence-electron chi connectivity index (χ4n) is 4.11. The van der Waals surface area contributed by atoms with Crippen LogP contribution in [0.25, 0.3) is 28.1 Å². The molecular formula is C22H20ClIN8O. The van der Waals surface area contributed by atoms with Crippen molar-refractivity contribution in [3.63, 3.8) is 0 Å². The first kappa shape index (κ1) is 21.8. The van der Waals surface area contributed by atoms with E-state index >= 15 is 0 Å². The Balaban J connectivity index is 1.69. The van der Waals surface area contributed by atoms with Gasteiger partial charge in [0.25, 0.3) is 5.56 Å². The summed E-state index contributed by atoms with van der Waals surface area (Å²) in [4.78, 5) is 26.4. The van der Waals surface area contributed by atoms with Crippen molar-refractivity contribution in [3.05, 3.63) is 67.3 Å². The molecule has 0 bridgehead atoms. The van der Waals surface area contributed by atoms with Gasteiger partial charge in [-0.15, -0.1) is 5.10 Å². The van der Waals surface area contributed by atoms with E-state index in [1.807, 2.05) is 30.4 Å². The largest absolute Gasteiger partial charge is 0.377 e. The molecular weight excluding hydrogens is 555 g/mol. The van der Waals surface area contributed by atoms with Crippen LogP contribution < -0.4 is 10.9 Å². The summed E-state index contributed by atoms with van der Waals surface area (Å²) < 4.78 is 6.01. The van der Waals surface area contributed by atoms with Gasteiger partial charge in [0.05, 0.1) is 22.6 Å². The minimum absolute atomic E-state index is 0.0559. The highest BCUT2D eigenvalue weighted by atomic mass is 127. The number of nitrogens with zero attached hydrogens (tertiary/aromatic N) is 7.